The molecule has 6 nitrogen and oxygen atoms in total. The Morgan fingerprint density at radius 2 is 1.87 bits per heavy atom. The molecular formula is C21H31F3IN5O. The highest BCUT2D eigenvalue weighted by molar-refractivity contribution is 14.0. The molecule has 0 bridgehead atoms. The zero-order valence-corrected chi connectivity index (χ0v) is 20.8. The topological polar surface area (TPSA) is 63.5 Å². The lowest BCUT2D eigenvalue weighted by atomic mass is 10.1. The highest BCUT2D eigenvalue weighted by Crippen LogP contribution is 2.30. The molecule has 1 aromatic heterocycles. The van der Waals surface area contributed by atoms with Crippen LogP contribution in [0.2, 0.25) is 0 Å². The summed E-state index contributed by atoms with van der Waals surface area (Å²) < 4.78 is 45.2. The van der Waals surface area contributed by atoms with Gasteiger partial charge in [0.1, 0.15) is 12.4 Å². The number of hydrogen-bond acceptors (Lipinski definition) is 3. The van der Waals surface area contributed by atoms with Crippen molar-refractivity contribution in [3.8, 4) is 5.75 Å². The summed E-state index contributed by atoms with van der Waals surface area (Å²) in [6, 6.07) is 4.79. The first-order valence-corrected chi connectivity index (χ1v) is 9.95. The highest BCUT2D eigenvalue weighted by Gasteiger charge is 2.30. The molecule has 1 unspecified atom stereocenters. The summed E-state index contributed by atoms with van der Waals surface area (Å²) in [6.45, 7) is 9.47. The standard InChI is InChI=1S/C21H30F3N5O.HI/c1-6-25-20(27-14(2)13-19-15(3)28-29(5)16(19)4)26-11-12-30-18-9-7-17(8-10-18)21(22,23)24;/h7-10,14H,6,11-13H2,1-5H3,(H2,25,26,27);1H. The molecule has 0 amide bonds. The van der Waals surface area contributed by atoms with Crippen molar-refractivity contribution in [1.82, 2.24) is 20.4 Å². The first-order valence-electron chi connectivity index (χ1n) is 9.95. The number of aliphatic imine (C=N–C) groups is 1. The molecule has 174 valence electrons. The van der Waals surface area contributed by atoms with Gasteiger partial charge in [-0.25, -0.2) is 4.99 Å². The molecule has 0 aliphatic carbocycles. The van der Waals surface area contributed by atoms with Gasteiger partial charge in [-0.3, -0.25) is 4.68 Å². The van der Waals surface area contributed by atoms with Crippen LogP contribution in [0.15, 0.2) is 29.3 Å². The van der Waals surface area contributed by atoms with E-state index in [1.165, 1.54) is 17.7 Å². The fourth-order valence-electron chi connectivity index (χ4n) is 3.08. The molecule has 2 aromatic rings. The molecule has 2 rings (SSSR count). The summed E-state index contributed by atoms with van der Waals surface area (Å²) in [7, 11) is 1.94. The molecule has 0 radical (unpaired) electrons. The minimum atomic E-state index is -4.35. The second kappa shape index (κ2) is 12.2. The Balaban J connectivity index is 0.00000480. The van der Waals surface area contributed by atoms with Gasteiger partial charge in [0.05, 0.1) is 17.8 Å². The molecule has 1 heterocycles. The van der Waals surface area contributed by atoms with Crippen molar-refractivity contribution in [2.45, 2.75) is 46.3 Å². The number of nitrogens with one attached hydrogen (secondary N) is 2. The minimum Gasteiger partial charge on any atom is -0.492 e. The van der Waals surface area contributed by atoms with E-state index in [0.717, 1.165) is 29.9 Å². The van der Waals surface area contributed by atoms with Gasteiger partial charge >= 0.3 is 6.18 Å². The van der Waals surface area contributed by atoms with Gasteiger partial charge in [0, 0.05) is 25.3 Å². The van der Waals surface area contributed by atoms with Gasteiger partial charge < -0.3 is 15.4 Å². The average Bonchev–Trinajstić information content (AvgIpc) is 2.91. The average molecular weight is 553 g/mol. The molecule has 0 saturated carbocycles. The Morgan fingerprint density at radius 3 is 2.39 bits per heavy atom. The number of hydrogen-bond donors (Lipinski definition) is 2. The third-order valence-corrected chi connectivity index (χ3v) is 4.71. The first-order chi connectivity index (χ1) is 14.1. The molecule has 0 saturated heterocycles. The Kier molecular flexibility index (Phi) is 10.6. The molecule has 2 N–H and O–H groups in total. The number of guanidine groups is 1. The number of aryl methyl sites for hydroxylation is 2. The Labute approximate surface area is 198 Å². The molecule has 1 aromatic carbocycles. The molecule has 0 aliphatic rings. The van der Waals surface area contributed by atoms with E-state index in [2.05, 4.69) is 34.6 Å². The smallest absolute Gasteiger partial charge is 0.416 e. The van der Waals surface area contributed by atoms with Crippen molar-refractivity contribution >= 4 is 29.9 Å². The summed E-state index contributed by atoms with van der Waals surface area (Å²) in [6.07, 6.45) is -3.53. The quantitative estimate of drug-likeness (QED) is 0.222. The van der Waals surface area contributed by atoms with E-state index < -0.39 is 11.7 Å². The maximum absolute atomic E-state index is 12.6. The zero-order chi connectivity index (χ0) is 22.3. The number of nitrogens with zero attached hydrogens (tertiary/aromatic N) is 3. The maximum Gasteiger partial charge on any atom is 0.416 e. The van der Waals surface area contributed by atoms with Crippen LogP contribution in [0.5, 0.6) is 5.75 Å². The predicted molar refractivity (Wildman–Crippen MR) is 127 cm³/mol. The number of ether oxygens (including phenoxy) is 1. The Bertz CT molecular complexity index is 850. The van der Waals surface area contributed by atoms with Gasteiger partial charge in [0.2, 0.25) is 0 Å². The van der Waals surface area contributed by atoms with Crippen LogP contribution in [0.4, 0.5) is 13.2 Å². The summed E-state index contributed by atoms with van der Waals surface area (Å²) in [5.74, 6) is 1.05. The Hall–Kier alpha value is -1.98. The lowest BCUT2D eigenvalue weighted by molar-refractivity contribution is -0.137. The second-order valence-corrected chi connectivity index (χ2v) is 7.15. The van der Waals surface area contributed by atoms with E-state index in [-0.39, 0.29) is 36.6 Å². The highest BCUT2D eigenvalue weighted by atomic mass is 127. The van der Waals surface area contributed by atoms with E-state index in [9.17, 15) is 13.2 Å². The normalized spacial score (nSPS) is 12.8. The summed E-state index contributed by atoms with van der Waals surface area (Å²) in [4.78, 5) is 4.49. The van der Waals surface area contributed by atoms with Crippen molar-refractivity contribution in [2.75, 3.05) is 19.7 Å². The van der Waals surface area contributed by atoms with Crippen LogP contribution >= 0.6 is 24.0 Å². The molecule has 1 atom stereocenters. The van der Waals surface area contributed by atoms with Crippen molar-refractivity contribution in [1.29, 1.82) is 0 Å². The van der Waals surface area contributed by atoms with Crippen molar-refractivity contribution in [2.24, 2.45) is 12.0 Å². The van der Waals surface area contributed by atoms with Gasteiger partial charge in [-0.1, -0.05) is 0 Å². The first kappa shape index (κ1) is 27.1. The minimum absolute atomic E-state index is 0. The van der Waals surface area contributed by atoms with Crippen LogP contribution in [0.1, 0.15) is 36.4 Å². The van der Waals surface area contributed by atoms with Gasteiger partial charge in [-0.05, 0) is 63.9 Å². The van der Waals surface area contributed by atoms with Crippen molar-refractivity contribution in [3.05, 3.63) is 46.8 Å². The monoisotopic (exact) mass is 553 g/mol. The third kappa shape index (κ3) is 8.23. The molecule has 0 fully saturated rings. The second-order valence-electron chi connectivity index (χ2n) is 7.15. The predicted octanol–water partition coefficient (Wildman–Crippen LogP) is 4.24. The summed E-state index contributed by atoms with van der Waals surface area (Å²) in [5.41, 5.74) is 2.70. The molecule has 31 heavy (non-hydrogen) atoms. The van der Waals surface area contributed by atoms with Crippen LogP contribution in [0.3, 0.4) is 0 Å². The lowest BCUT2D eigenvalue weighted by Crippen LogP contribution is -2.43. The van der Waals surface area contributed by atoms with Crippen LogP contribution in [0.25, 0.3) is 0 Å². The lowest BCUT2D eigenvalue weighted by Gasteiger charge is -2.18. The fourth-order valence-corrected chi connectivity index (χ4v) is 3.08. The fraction of sp³-hybridized carbons (Fsp3) is 0.524. The molecule has 10 heteroatoms. The number of rotatable bonds is 8. The Morgan fingerprint density at radius 1 is 1.23 bits per heavy atom. The molecular weight excluding hydrogens is 522 g/mol. The van der Waals surface area contributed by atoms with E-state index >= 15 is 0 Å². The third-order valence-electron chi connectivity index (χ3n) is 4.71. The van der Waals surface area contributed by atoms with Crippen LogP contribution in [0, 0.1) is 13.8 Å². The van der Waals surface area contributed by atoms with Crippen LogP contribution in [-0.2, 0) is 19.6 Å². The van der Waals surface area contributed by atoms with E-state index in [1.807, 2.05) is 25.6 Å². The summed E-state index contributed by atoms with van der Waals surface area (Å²) >= 11 is 0. The number of alkyl halides is 3. The van der Waals surface area contributed by atoms with Crippen LogP contribution in [-0.4, -0.2) is 41.5 Å². The SMILES string of the molecule is CCNC(=NCCOc1ccc(C(F)(F)F)cc1)NC(C)Cc1c(C)nn(C)c1C.I. The van der Waals surface area contributed by atoms with E-state index in [0.29, 0.717) is 24.8 Å². The molecule has 0 spiro atoms. The van der Waals surface area contributed by atoms with Gasteiger partial charge in [0.25, 0.3) is 0 Å². The maximum atomic E-state index is 12.6. The van der Waals surface area contributed by atoms with Gasteiger partial charge in [0.15, 0.2) is 5.96 Å². The molecule has 0 aliphatic heterocycles. The van der Waals surface area contributed by atoms with E-state index in [4.69, 9.17) is 4.74 Å². The largest absolute Gasteiger partial charge is 0.492 e. The number of benzene rings is 1. The van der Waals surface area contributed by atoms with E-state index in [1.54, 1.807) is 0 Å². The summed E-state index contributed by atoms with van der Waals surface area (Å²) in [5, 5.41) is 11.0. The van der Waals surface area contributed by atoms with Crippen molar-refractivity contribution in [3.63, 3.8) is 0 Å². The van der Waals surface area contributed by atoms with Crippen LogP contribution < -0.4 is 15.4 Å². The number of aromatic nitrogens is 2. The van der Waals surface area contributed by atoms with Gasteiger partial charge in [-0.2, -0.15) is 18.3 Å². The number of halogens is 4. The van der Waals surface area contributed by atoms with Gasteiger partial charge in [-0.15, -0.1) is 24.0 Å². The zero-order valence-electron chi connectivity index (χ0n) is 18.5. The van der Waals surface area contributed by atoms with Crippen molar-refractivity contribution < 1.29 is 17.9 Å².